The van der Waals surface area contributed by atoms with Gasteiger partial charge in [-0.3, -0.25) is 9.69 Å². The molecule has 0 aromatic heterocycles. The van der Waals surface area contributed by atoms with Gasteiger partial charge in [0.05, 0.1) is 5.56 Å². The van der Waals surface area contributed by atoms with Crippen LogP contribution >= 0.6 is 0 Å². The normalized spacial score (nSPS) is 16.8. The molecule has 1 aliphatic heterocycles. The summed E-state index contributed by atoms with van der Waals surface area (Å²) < 4.78 is 37.8. The molecule has 1 heterocycles. The van der Waals surface area contributed by atoms with Crippen molar-refractivity contribution in [2.75, 3.05) is 13.1 Å². The molecule has 25 heavy (non-hydrogen) atoms. The van der Waals surface area contributed by atoms with Crippen LogP contribution in [0.1, 0.15) is 34.3 Å². The minimum atomic E-state index is -4.37. The molecule has 1 saturated heterocycles. The molecule has 1 fully saturated rings. The molecule has 0 N–H and O–H groups in total. The Kier molecular flexibility index (Phi) is 5.23. The molecule has 3 rings (SSSR count). The van der Waals surface area contributed by atoms with E-state index in [0.717, 1.165) is 44.6 Å². The summed E-state index contributed by atoms with van der Waals surface area (Å²) in [5.41, 5.74) is 0.895. The molecular weight excluding hydrogens is 327 g/mol. The van der Waals surface area contributed by atoms with E-state index < -0.39 is 11.7 Å². The summed E-state index contributed by atoms with van der Waals surface area (Å²) in [6.07, 6.45) is -2.89. The van der Waals surface area contributed by atoms with Gasteiger partial charge in [-0.25, -0.2) is 0 Å². The van der Waals surface area contributed by atoms with Gasteiger partial charge < -0.3 is 0 Å². The Labute approximate surface area is 145 Å². The predicted molar refractivity (Wildman–Crippen MR) is 90.2 cm³/mol. The molecule has 0 bridgehead atoms. The van der Waals surface area contributed by atoms with Gasteiger partial charge in [0, 0.05) is 18.0 Å². The SMILES string of the molecule is O=C(c1ccc(C(F)(F)F)cc1)C1CCN(Cc2ccccc2)CC1. The highest BCUT2D eigenvalue weighted by Crippen LogP contribution is 2.30. The zero-order valence-electron chi connectivity index (χ0n) is 13.8. The topological polar surface area (TPSA) is 20.3 Å². The number of hydrogen-bond acceptors (Lipinski definition) is 2. The van der Waals surface area contributed by atoms with Crippen molar-refractivity contribution in [3.8, 4) is 0 Å². The van der Waals surface area contributed by atoms with Crippen molar-refractivity contribution >= 4 is 5.78 Å². The molecule has 2 aromatic carbocycles. The highest BCUT2D eigenvalue weighted by atomic mass is 19.4. The molecular formula is C20H20F3NO. The Bertz CT molecular complexity index is 702. The van der Waals surface area contributed by atoms with E-state index in [4.69, 9.17) is 0 Å². The number of ketones is 1. The monoisotopic (exact) mass is 347 g/mol. The van der Waals surface area contributed by atoms with Crippen molar-refractivity contribution < 1.29 is 18.0 Å². The van der Waals surface area contributed by atoms with Gasteiger partial charge in [0.1, 0.15) is 0 Å². The molecule has 0 atom stereocenters. The van der Waals surface area contributed by atoms with Gasteiger partial charge in [-0.15, -0.1) is 0 Å². The van der Waals surface area contributed by atoms with E-state index in [1.807, 2.05) is 18.2 Å². The van der Waals surface area contributed by atoms with E-state index in [1.54, 1.807) is 0 Å². The molecule has 0 aliphatic carbocycles. The predicted octanol–water partition coefficient (Wildman–Crippen LogP) is 4.80. The van der Waals surface area contributed by atoms with Crippen molar-refractivity contribution in [3.63, 3.8) is 0 Å². The lowest BCUT2D eigenvalue weighted by atomic mass is 9.88. The van der Waals surface area contributed by atoms with Crippen LogP contribution in [0.3, 0.4) is 0 Å². The summed E-state index contributed by atoms with van der Waals surface area (Å²) in [7, 11) is 0. The van der Waals surface area contributed by atoms with Crippen molar-refractivity contribution in [1.29, 1.82) is 0 Å². The number of nitrogens with zero attached hydrogens (tertiary/aromatic N) is 1. The van der Waals surface area contributed by atoms with E-state index in [-0.39, 0.29) is 11.7 Å². The van der Waals surface area contributed by atoms with Crippen LogP contribution in [-0.4, -0.2) is 23.8 Å². The first-order valence-electron chi connectivity index (χ1n) is 8.41. The van der Waals surface area contributed by atoms with Crippen molar-refractivity contribution in [3.05, 3.63) is 71.3 Å². The number of likely N-dealkylation sites (tertiary alicyclic amines) is 1. The largest absolute Gasteiger partial charge is 0.416 e. The fraction of sp³-hybridized carbons (Fsp3) is 0.350. The number of carbonyl (C=O) groups excluding carboxylic acids is 1. The Hall–Kier alpha value is -2.14. The van der Waals surface area contributed by atoms with Crippen molar-refractivity contribution in [2.24, 2.45) is 5.92 Å². The second-order valence-electron chi connectivity index (χ2n) is 6.48. The van der Waals surface area contributed by atoms with Gasteiger partial charge in [-0.1, -0.05) is 42.5 Å². The van der Waals surface area contributed by atoms with Crippen molar-refractivity contribution in [2.45, 2.75) is 25.6 Å². The molecule has 5 heteroatoms. The van der Waals surface area contributed by atoms with Gasteiger partial charge >= 0.3 is 6.18 Å². The summed E-state index contributed by atoms with van der Waals surface area (Å²) in [5.74, 6) is -0.156. The number of alkyl halides is 3. The maximum atomic E-state index is 12.6. The summed E-state index contributed by atoms with van der Waals surface area (Å²) in [6.45, 7) is 2.51. The van der Waals surface area contributed by atoms with Gasteiger partial charge in [0.15, 0.2) is 5.78 Å². The fourth-order valence-corrected chi connectivity index (χ4v) is 3.25. The smallest absolute Gasteiger partial charge is 0.299 e. The van der Waals surface area contributed by atoms with Crippen LogP contribution in [0.5, 0.6) is 0 Å². The summed E-state index contributed by atoms with van der Waals surface area (Å²) in [4.78, 5) is 14.8. The Morgan fingerprint density at radius 3 is 2.12 bits per heavy atom. The molecule has 0 radical (unpaired) electrons. The molecule has 0 unspecified atom stereocenters. The van der Waals surface area contributed by atoms with Crippen LogP contribution in [0.4, 0.5) is 13.2 Å². The number of Topliss-reactive ketones (excluding diaryl/α,β-unsaturated/α-hetero) is 1. The molecule has 0 spiro atoms. The lowest BCUT2D eigenvalue weighted by Crippen LogP contribution is -2.35. The standard InChI is InChI=1S/C20H20F3NO/c21-20(22,23)18-8-6-16(7-9-18)19(25)17-10-12-24(13-11-17)14-15-4-2-1-3-5-15/h1-9,17H,10-14H2. The molecule has 132 valence electrons. The second kappa shape index (κ2) is 7.40. The molecule has 0 saturated carbocycles. The minimum absolute atomic E-state index is 0.0481. The lowest BCUT2D eigenvalue weighted by molar-refractivity contribution is -0.137. The third-order valence-electron chi connectivity index (χ3n) is 4.70. The van der Waals surface area contributed by atoms with E-state index in [0.29, 0.717) is 5.56 Å². The molecule has 0 amide bonds. The average molecular weight is 347 g/mol. The maximum Gasteiger partial charge on any atom is 0.416 e. The molecule has 1 aliphatic rings. The molecule has 2 aromatic rings. The number of hydrogen-bond donors (Lipinski definition) is 0. The van der Waals surface area contributed by atoms with Gasteiger partial charge in [0.25, 0.3) is 0 Å². The number of benzene rings is 2. The highest BCUT2D eigenvalue weighted by Gasteiger charge is 2.31. The van der Waals surface area contributed by atoms with E-state index >= 15 is 0 Å². The first-order valence-corrected chi connectivity index (χ1v) is 8.41. The first-order chi connectivity index (χ1) is 11.9. The first kappa shape index (κ1) is 17.7. The zero-order valence-corrected chi connectivity index (χ0v) is 13.8. The Morgan fingerprint density at radius 2 is 1.56 bits per heavy atom. The van der Waals surface area contributed by atoms with Crippen LogP contribution in [0.15, 0.2) is 54.6 Å². The van der Waals surface area contributed by atoms with Crippen LogP contribution in [0, 0.1) is 5.92 Å². The highest BCUT2D eigenvalue weighted by molar-refractivity contribution is 5.97. The molecule has 2 nitrogen and oxygen atoms in total. The number of rotatable bonds is 4. The van der Waals surface area contributed by atoms with Crippen LogP contribution in [0.2, 0.25) is 0 Å². The van der Waals surface area contributed by atoms with Gasteiger partial charge in [-0.2, -0.15) is 13.2 Å². The third-order valence-corrected chi connectivity index (χ3v) is 4.70. The Balaban J connectivity index is 1.56. The summed E-state index contributed by atoms with van der Waals surface area (Å²) in [5, 5.41) is 0. The van der Waals surface area contributed by atoms with Crippen LogP contribution in [0.25, 0.3) is 0 Å². The number of piperidine rings is 1. The lowest BCUT2D eigenvalue weighted by Gasteiger charge is -2.31. The van der Waals surface area contributed by atoms with E-state index in [2.05, 4.69) is 17.0 Å². The summed E-state index contributed by atoms with van der Waals surface area (Å²) >= 11 is 0. The zero-order chi connectivity index (χ0) is 17.9. The van der Waals surface area contributed by atoms with Crippen LogP contribution in [-0.2, 0) is 12.7 Å². The Morgan fingerprint density at radius 1 is 0.960 bits per heavy atom. The average Bonchev–Trinajstić information content (AvgIpc) is 2.62. The quantitative estimate of drug-likeness (QED) is 0.741. The number of carbonyl (C=O) groups is 1. The third kappa shape index (κ3) is 4.48. The maximum absolute atomic E-state index is 12.6. The van der Waals surface area contributed by atoms with Crippen molar-refractivity contribution in [1.82, 2.24) is 4.90 Å². The minimum Gasteiger partial charge on any atom is -0.299 e. The van der Waals surface area contributed by atoms with Crippen LogP contribution < -0.4 is 0 Å². The number of halogens is 3. The van der Waals surface area contributed by atoms with Gasteiger partial charge in [0.2, 0.25) is 0 Å². The second-order valence-corrected chi connectivity index (χ2v) is 6.48. The van der Waals surface area contributed by atoms with Gasteiger partial charge in [-0.05, 0) is 43.6 Å². The van der Waals surface area contributed by atoms with E-state index in [9.17, 15) is 18.0 Å². The van der Waals surface area contributed by atoms with E-state index in [1.165, 1.54) is 17.7 Å². The summed E-state index contributed by atoms with van der Waals surface area (Å²) in [6, 6.07) is 14.7. The fourth-order valence-electron chi connectivity index (χ4n) is 3.25.